The van der Waals surface area contributed by atoms with Crippen molar-refractivity contribution in [3.05, 3.63) is 23.8 Å². The second-order valence-corrected chi connectivity index (χ2v) is 3.82. The molecule has 0 saturated heterocycles. The maximum atomic E-state index is 9.70. The number of phenols is 1. The lowest BCUT2D eigenvalue weighted by molar-refractivity contribution is 0.315. The van der Waals surface area contributed by atoms with E-state index in [4.69, 9.17) is 10.5 Å². The lowest BCUT2D eigenvalue weighted by Crippen LogP contribution is -2.17. The molecular weight excluding hydrogens is 190 g/mol. The number of nitrogens with two attached hydrogens (primary N) is 1. The molecule has 3 N–H and O–H groups in total. The van der Waals surface area contributed by atoms with E-state index in [-0.39, 0.29) is 11.8 Å². The van der Waals surface area contributed by atoms with E-state index < -0.39 is 0 Å². The van der Waals surface area contributed by atoms with Crippen molar-refractivity contribution in [1.82, 2.24) is 0 Å². The van der Waals surface area contributed by atoms with Crippen LogP contribution in [0, 0.1) is 0 Å². The van der Waals surface area contributed by atoms with Crippen molar-refractivity contribution in [2.45, 2.75) is 32.7 Å². The predicted octanol–water partition coefficient (Wildman–Crippen LogP) is 2.07. The third-order valence-corrected chi connectivity index (χ3v) is 2.07. The maximum Gasteiger partial charge on any atom is 0.122 e. The Kier molecular flexibility index (Phi) is 4.43. The minimum absolute atomic E-state index is 0.0540. The van der Waals surface area contributed by atoms with Crippen molar-refractivity contribution in [1.29, 1.82) is 0 Å². The summed E-state index contributed by atoms with van der Waals surface area (Å²) in [6, 6.07) is 5.43. The molecule has 84 valence electrons. The van der Waals surface area contributed by atoms with Crippen LogP contribution >= 0.6 is 0 Å². The van der Waals surface area contributed by atoms with Crippen LogP contribution in [0.15, 0.2) is 18.2 Å². The molecule has 0 aliphatic rings. The van der Waals surface area contributed by atoms with Crippen LogP contribution in [0.5, 0.6) is 11.5 Å². The molecular formula is C12H19NO2. The summed E-state index contributed by atoms with van der Waals surface area (Å²) in [5.74, 6) is 0.976. The number of hydrogen-bond donors (Lipinski definition) is 2. The highest BCUT2D eigenvalue weighted by molar-refractivity contribution is 5.40. The molecule has 0 radical (unpaired) electrons. The van der Waals surface area contributed by atoms with Crippen LogP contribution in [-0.4, -0.2) is 17.8 Å². The molecule has 1 atom stereocenters. The van der Waals surface area contributed by atoms with Crippen molar-refractivity contribution in [2.75, 3.05) is 6.61 Å². The fourth-order valence-electron chi connectivity index (χ4n) is 1.37. The molecule has 1 aromatic rings. The summed E-state index contributed by atoms with van der Waals surface area (Å²) < 4.78 is 5.40. The van der Waals surface area contributed by atoms with Gasteiger partial charge in [-0.2, -0.15) is 0 Å². The lowest BCUT2D eigenvalue weighted by atomic mass is 10.1. The van der Waals surface area contributed by atoms with Crippen molar-refractivity contribution in [2.24, 2.45) is 5.73 Å². The summed E-state index contributed by atoms with van der Waals surface area (Å²) in [7, 11) is 0. The molecule has 0 aromatic heterocycles. The monoisotopic (exact) mass is 209 g/mol. The molecule has 0 fully saturated rings. The SMILES string of the molecule is CCCOc1ccc(CC(C)N)c(O)c1. The Labute approximate surface area is 90.9 Å². The standard InChI is InChI=1S/C12H19NO2/c1-3-6-15-11-5-4-10(7-9(2)13)12(14)8-11/h4-5,8-9,14H,3,6-7,13H2,1-2H3. The molecule has 0 amide bonds. The first kappa shape index (κ1) is 11.9. The first-order valence-corrected chi connectivity index (χ1v) is 5.33. The van der Waals surface area contributed by atoms with Gasteiger partial charge in [0.1, 0.15) is 11.5 Å². The number of hydrogen-bond acceptors (Lipinski definition) is 3. The Hall–Kier alpha value is -1.22. The summed E-state index contributed by atoms with van der Waals surface area (Å²) in [6.45, 7) is 4.64. The van der Waals surface area contributed by atoms with Crippen LogP contribution in [0.1, 0.15) is 25.8 Å². The maximum absolute atomic E-state index is 9.70. The van der Waals surface area contributed by atoms with Gasteiger partial charge in [-0.3, -0.25) is 0 Å². The topological polar surface area (TPSA) is 55.5 Å². The zero-order valence-electron chi connectivity index (χ0n) is 9.36. The van der Waals surface area contributed by atoms with Crippen molar-refractivity contribution in [3.8, 4) is 11.5 Å². The van der Waals surface area contributed by atoms with E-state index in [1.54, 1.807) is 6.07 Å². The van der Waals surface area contributed by atoms with Crippen LogP contribution in [0.25, 0.3) is 0 Å². The third-order valence-electron chi connectivity index (χ3n) is 2.07. The first-order valence-electron chi connectivity index (χ1n) is 5.33. The summed E-state index contributed by atoms with van der Waals surface area (Å²) in [5.41, 5.74) is 6.54. The molecule has 3 nitrogen and oxygen atoms in total. The van der Waals surface area contributed by atoms with Crippen LogP contribution < -0.4 is 10.5 Å². The van der Waals surface area contributed by atoms with Gasteiger partial charge >= 0.3 is 0 Å². The number of ether oxygens (including phenoxy) is 1. The average molecular weight is 209 g/mol. The summed E-state index contributed by atoms with van der Waals surface area (Å²) in [4.78, 5) is 0. The molecule has 0 saturated carbocycles. The van der Waals surface area contributed by atoms with E-state index in [1.807, 2.05) is 26.0 Å². The highest BCUT2D eigenvalue weighted by Crippen LogP contribution is 2.24. The molecule has 3 heteroatoms. The number of phenolic OH excluding ortho intramolecular Hbond substituents is 1. The molecule has 0 aliphatic carbocycles. The normalized spacial score (nSPS) is 12.5. The van der Waals surface area contributed by atoms with Crippen molar-refractivity contribution >= 4 is 0 Å². The fraction of sp³-hybridized carbons (Fsp3) is 0.500. The Morgan fingerprint density at radius 2 is 2.20 bits per heavy atom. The van der Waals surface area contributed by atoms with Crippen LogP contribution in [0.3, 0.4) is 0 Å². The van der Waals surface area contributed by atoms with Gasteiger partial charge in [0.05, 0.1) is 6.61 Å². The van der Waals surface area contributed by atoms with E-state index in [0.717, 1.165) is 12.0 Å². The summed E-state index contributed by atoms with van der Waals surface area (Å²) >= 11 is 0. The molecule has 0 bridgehead atoms. The molecule has 15 heavy (non-hydrogen) atoms. The largest absolute Gasteiger partial charge is 0.508 e. The van der Waals surface area contributed by atoms with E-state index in [9.17, 15) is 5.11 Å². The fourth-order valence-corrected chi connectivity index (χ4v) is 1.37. The zero-order chi connectivity index (χ0) is 11.3. The predicted molar refractivity (Wildman–Crippen MR) is 61.2 cm³/mol. The highest BCUT2D eigenvalue weighted by atomic mass is 16.5. The average Bonchev–Trinajstić information content (AvgIpc) is 2.18. The van der Waals surface area contributed by atoms with Gasteiger partial charge in [-0.1, -0.05) is 13.0 Å². The second kappa shape index (κ2) is 5.61. The van der Waals surface area contributed by atoms with E-state index >= 15 is 0 Å². The second-order valence-electron chi connectivity index (χ2n) is 3.82. The van der Waals surface area contributed by atoms with Gasteiger partial charge < -0.3 is 15.6 Å². The van der Waals surface area contributed by atoms with E-state index in [1.165, 1.54) is 0 Å². The number of aromatic hydroxyl groups is 1. The number of rotatable bonds is 5. The molecule has 1 unspecified atom stereocenters. The van der Waals surface area contributed by atoms with Crippen LogP contribution in [0.2, 0.25) is 0 Å². The minimum atomic E-state index is 0.0540. The lowest BCUT2D eigenvalue weighted by Gasteiger charge is -2.10. The van der Waals surface area contributed by atoms with Gasteiger partial charge in [-0.25, -0.2) is 0 Å². The quantitative estimate of drug-likeness (QED) is 0.780. The van der Waals surface area contributed by atoms with Crippen molar-refractivity contribution in [3.63, 3.8) is 0 Å². The Bertz CT molecular complexity index is 310. The van der Waals surface area contributed by atoms with Gasteiger partial charge in [-0.05, 0) is 31.4 Å². The van der Waals surface area contributed by atoms with Gasteiger partial charge in [0.15, 0.2) is 0 Å². The van der Waals surface area contributed by atoms with Crippen LogP contribution in [-0.2, 0) is 6.42 Å². The van der Waals surface area contributed by atoms with E-state index in [2.05, 4.69) is 0 Å². The number of benzene rings is 1. The highest BCUT2D eigenvalue weighted by Gasteiger charge is 2.05. The molecule has 0 spiro atoms. The minimum Gasteiger partial charge on any atom is -0.508 e. The van der Waals surface area contributed by atoms with Gasteiger partial charge in [0.2, 0.25) is 0 Å². The third kappa shape index (κ3) is 3.80. The van der Waals surface area contributed by atoms with Gasteiger partial charge in [0, 0.05) is 12.1 Å². The van der Waals surface area contributed by atoms with Gasteiger partial charge in [0.25, 0.3) is 0 Å². The Balaban J connectivity index is 2.70. The Morgan fingerprint density at radius 3 is 2.73 bits per heavy atom. The molecule has 0 aliphatic heterocycles. The first-order chi connectivity index (χ1) is 7.13. The van der Waals surface area contributed by atoms with Gasteiger partial charge in [-0.15, -0.1) is 0 Å². The molecule has 1 rings (SSSR count). The molecule has 0 heterocycles. The Morgan fingerprint density at radius 1 is 1.47 bits per heavy atom. The summed E-state index contributed by atoms with van der Waals surface area (Å²) in [6.07, 6.45) is 1.64. The summed E-state index contributed by atoms with van der Waals surface area (Å²) in [5, 5.41) is 9.70. The zero-order valence-corrected chi connectivity index (χ0v) is 9.36. The molecule has 1 aromatic carbocycles. The van der Waals surface area contributed by atoms with Crippen molar-refractivity contribution < 1.29 is 9.84 Å². The van der Waals surface area contributed by atoms with Crippen LogP contribution in [0.4, 0.5) is 0 Å². The smallest absolute Gasteiger partial charge is 0.122 e. The van der Waals surface area contributed by atoms with E-state index in [0.29, 0.717) is 18.8 Å².